The molecule has 0 amide bonds. The Morgan fingerprint density at radius 1 is 1.37 bits per heavy atom. The zero-order chi connectivity index (χ0) is 13.9. The Kier molecular flexibility index (Phi) is 3.75. The molecule has 2 N–H and O–H groups in total. The number of aryl methyl sites for hydroxylation is 1. The minimum Gasteiger partial charge on any atom is -0.399 e. The van der Waals surface area contributed by atoms with E-state index in [0.717, 1.165) is 42.4 Å². The van der Waals surface area contributed by atoms with Crippen LogP contribution in [-0.2, 0) is 6.54 Å². The molecule has 0 aliphatic heterocycles. The highest BCUT2D eigenvalue weighted by Gasteiger charge is 2.15. The number of benzene rings is 1. The Hall–Kier alpha value is -2.02. The van der Waals surface area contributed by atoms with Crippen molar-refractivity contribution in [2.75, 3.05) is 5.73 Å². The van der Waals surface area contributed by atoms with Gasteiger partial charge in [0.1, 0.15) is 0 Å². The van der Waals surface area contributed by atoms with Crippen molar-refractivity contribution in [2.24, 2.45) is 5.41 Å². The molecule has 0 spiro atoms. The van der Waals surface area contributed by atoms with E-state index in [0.29, 0.717) is 0 Å². The lowest BCUT2D eigenvalue weighted by molar-refractivity contribution is 0.413. The molecule has 0 bridgehead atoms. The number of hydrogen-bond donors (Lipinski definition) is 1. The third kappa shape index (κ3) is 3.25. The number of hydrogen-bond acceptors (Lipinski definition) is 3. The summed E-state index contributed by atoms with van der Waals surface area (Å²) in [5.41, 5.74) is 7.43. The second-order valence-electron chi connectivity index (χ2n) is 5.64. The van der Waals surface area contributed by atoms with Crippen molar-refractivity contribution in [2.45, 2.75) is 39.7 Å². The highest BCUT2D eigenvalue weighted by Crippen LogP contribution is 2.22. The molecule has 4 heteroatoms. The van der Waals surface area contributed by atoms with Gasteiger partial charge in [-0.2, -0.15) is 10.4 Å². The number of anilines is 1. The van der Waals surface area contributed by atoms with Crippen molar-refractivity contribution in [3.8, 4) is 6.07 Å². The maximum Gasteiger partial charge on any atom is 0.0702 e. The largest absolute Gasteiger partial charge is 0.399 e. The first-order valence-corrected chi connectivity index (χ1v) is 6.64. The average molecular weight is 256 g/mol. The zero-order valence-electron chi connectivity index (χ0n) is 11.6. The van der Waals surface area contributed by atoms with Gasteiger partial charge in [-0.05, 0) is 44.9 Å². The summed E-state index contributed by atoms with van der Waals surface area (Å²) in [6, 6.07) is 8.18. The van der Waals surface area contributed by atoms with Crippen molar-refractivity contribution >= 4 is 16.6 Å². The Balaban J connectivity index is 1.96. The van der Waals surface area contributed by atoms with Crippen LogP contribution in [0.3, 0.4) is 0 Å². The van der Waals surface area contributed by atoms with Crippen molar-refractivity contribution < 1.29 is 0 Å². The molecule has 4 nitrogen and oxygen atoms in total. The van der Waals surface area contributed by atoms with Gasteiger partial charge in [0, 0.05) is 17.6 Å². The smallest absolute Gasteiger partial charge is 0.0702 e. The molecule has 0 aliphatic carbocycles. The molecule has 1 aromatic carbocycles. The lowest BCUT2D eigenvalue weighted by Gasteiger charge is -2.14. The van der Waals surface area contributed by atoms with Crippen molar-refractivity contribution in [1.82, 2.24) is 9.78 Å². The molecule has 1 heterocycles. The molecule has 0 saturated heterocycles. The van der Waals surface area contributed by atoms with Gasteiger partial charge in [-0.15, -0.1) is 0 Å². The van der Waals surface area contributed by atoms with Crippen LogP contribution in [0.5, 0.6) is 0 Å². The summed E-state index contributed by atoms with van der Waals surface area (Å²) in [5.74, 6) is 0. The number of unbranched alkanes of at least 4 members (excludes halogenated alkanes) is 1. The fourth-order valence-electron chi connectivity index (χ4n) is 2.15. The second kappa shape index (κ2) is 5.31. The van der Waals surface area contributed by atoms with E-state index in [4.69, 9.17) is 11.0 Å². The fraction of sp³-hybridized carbons (Fsp3) is 0.467. The van der Waals surface area contributed by atoms with Crippen LogP contribution in [0, 0.1) is 16.7 Å². The Morgan fingerprint density at radius 3 is 2.89 bits per heavy atom. The van der Waals surface area contributed by atoms with Gasteiger partial charge in [-0.1, -0.05) is 6.42 Å². The number of nitrogens with two attached hydrogens (primary N) is 1. The molecular formula is C15H20N4. The Labute approximate surface area is 113 Å². The van der Waals surface area contributed by atoms with Crippen LogP contribution in [-0.4, -0.2) is 9.78 Å². The molecule has 0 atom stereocenters. The third-order valence-corrected chi connectivity index (χ3v) is 3.39. The minimum absolute atomic E-state index is 0.226. The van der Waals surface area contributed by atoms with Gasteiger partial charge in [0.2, 0.25) is 0 Å². The van der Waals surface area contributed by atoms with Gasteiger partial charge < -0.3 is 5.73 Å². The van der Waals surface area contributed by atoms with E-state index in [1.807, 2.05) is 42.9 Å². The van der Waals surface area contributed by atoms with Crippen LogP contribution in [0.4, 0.5) is 5.69 Å². The lowest BCUT2D eigenvalue weighted by Crippen LogP contribution is -2.08. The van der Waals surface area contributed by atoms with Crippen molar-refractivity contribution in [1.29, 1.82) is 5.26 Å². The molecule has 0 radical (unpaired) electrons. The quantitative estimate of drug-likeness (QED) is 0.659. The van der Waals surface area contributed by atoms with Gasteiger partial charge in [-0.25, -0.2) is 0 Å². The molecule has 0 saturated carbocycles. The monoisotopic (exact) mass is 256 g/mol. The summed E-state index contributed by atoms with van der Waals surface area (Å²) in [6.45, 7) is 4.84. The first-order chi connectivity index (χ1) is 9.02. The highest BCUT2D eigenvalue weighted by atomic mass is 15.3. The Morgan fingerprint density at radius 2 is 2.16 bits per heavy atom. The van der Waals surface area contributed by atoms with E-state index < -0.39 is 0 Å². The molecule has 100 valence electrons. The summed E-state index contributed by atoms with van der Waals surface area (Å²) in [6.07, 6.45) is 4.85. The average Bonchev–Trinajstić information content (AvgIpc) is 2.77. The number of rotatable bonds is 5. The maximum absolute atomic E-state index is 8.97. The summed E-state index contributed by atoms with van der Waals surface area (Å²) >= 11 is 0. The standard InChI is InChI=1S/C15H20N4/c1-15(2,11-16)7-3-4-8-19-14-9-13(17)6-5-12(14)10-18-19/h5-6,9-10H,3-4,7-8,17H2,1-2H3. The lowest BCUT2D eigenvalue weighted by atomic mass is 9.89. The molecule has 2 rings (SSSR count). The van der Waals surface area contributed by atoms with Crippen LogP contribution in [0.25, 0.3) is 10.9 Å². The summed E-state index contributed by atoms with van der Waals surface area (Å²) < 4.78 is 1.99. The number of nitrogens with zero attached hydrogens (tertiary/aromatic N) is 3. The van der Waals surface area contributed by atoms with Gasteiger partial charge in [0.05, 0.1) is 23.2 Å². The number of fused-ring (bicyclic) bond motifs is 1. The van der Waals surface area contributed by atoms with E-state index in [1.165, 1.54) is 0 Å². The number of aromatic nitrogens is 2. The summed E-state index contributed by atoms with van der Waals surface area (Å²) in [7, 11) is 0. The third-order valence-electron chi connectivity index (χ3n) is 3.39. The fourth-order valence-corrected chi connectivity index (χ4v) is 2.15. The normalized spacial score (nSPS) is 11.6. The maximum atomic E-state index is 8.97. The van der Waals surface area contributed by atoms with Crippen molar-refractivity contribution in [3.05, 3.63) is 24.4 Å². The van der Waals surface area contributed by atoms with Crippen LogP contribution in [0.2, 0.25) is 0 Å². The summed E-state index contributed by atoms with van der Waals surface area (Å²) in [5, 5.41) is 14.5. The minimum atomic E-state index is -0.226. The van der Waals surface area contributed by atoms with Crippen LogP contribution < -0.4 is 5.73 Å². The van der Waals surface area contributed by atoms with E-state index in [9.17, 15) is 0 Å². The van der Waals surface area contributed by atoms with E-state index in [-0.39, 0.29) is 5.41 Å². The first kappa shape index (κ1) is 13.4. The first-order valence-electron chi connectivity index (χ1n) is 6.64. The zero-order valence-corrected chi connectivity index (χ0v) is 11.6. The molecule has 19 heavy (non-hydrogen) atoms. The van der Waals surface area contributed by atoms with E-state index >= 15 is 0 Å². The molecule has 0 fully saturated rings. The summed E-state index contributed by atoms with van der Waals surface area (Å²) in [4.78, 5) is 0. The molecule has 0 aliphatic rings. The van der Waals surface area contributed by atoms with Crippen LogP contribution >= 0.6 is 0 Å². The highest BCUT2D eigenvalue weighted by molar-refractivity contribution is 5.81. The van der Waals surface area contributed by atoms with Gasteiger partial charge in [0.15, 0.2) is 0 Å². The number of nitrogen functional groups attached to an aromatic ring is 1. The topological polar surface area (TPSA) is 67.6 Å². The second-order valence-corrected chi connectivity index (χ2v) is 5.64. The van der Waals surface area contributed by atoms with Crippen LogP contribution in [0.15, 0.2) is 24.4 Å². The molecule has 0 unspecified atom stereocenters. The van der Waals surface area contributed by atoms with Gasteiger partial charge in [-0.3, -0.25) is 4.68 Å². The van der Waals surface area contributed by atoms with Gasteiger partial charge in [0.25, 0.3) is 0 Å². The van der Waals surface area contributed by atoms with E-state index in [2.05, 4.69) is 11.2 Å². The van der Waals surface area contributed by atoms with Crippen molar-refractivity contribution in [3.63, 3.8) is 0 Å². The van der Waals surface area contributed by atoms with E-state index in [1.54, 1.807) is 0 Å². The molecule has 1 aromatic heterocycles. The number of nitriles is 1. The SMILES string of the molecule is CC(C)(C#N)CCCCn1ncc2ccc(N)cc21. The van der Waals surface area contributed by atoms with Crippen LogP contribution in [0.1, 0.15) is 33.1 Å². The molecular weight excluding hydrogens is 236 g/mol. The predicted octanol–water partition coefficient (Wildman–Crippen LogP) is 3.34. The van der Waals surface area contributed by atoms with Gasteiger partial charge >= 0.3 is 0 Å². The predicted molar refractivity (Wildman–Crippen MR) is 77.4 cm³/mol. The Bertz CT molecular complexity index is 604. The molecule has 2 aromatic rings.